The standard InChI is InChI=1S/C14H15N5/c1-3-14(19-6-5-15-11-19)4-2-12(1)7-16-8-13-9-17-10-18-13/h1-6,9-11,16H,7-8H2,(H,17,18). The van der Waals surface area contributed by atoms with Gasteiger partial charge in [-0.15, -0.1) is 0 Å². The fourth-order valence-corrected chi connectivity index (χ4v) is 1.92. The van der Waals surface area contributed by atoms with Crippen molar-refractivity contribution in [1.29, 1.82) is 0 Å². The molecule has 0 fully saturated rings. The van der Waals surface area contributed by atoms with E-state index in [9.17, 15) is 0 Å². The summed E-state index contributed by atoms with van der Waals surface area (Å²) in [7, 11) is 0. The summed E-state index contributed by atoms with van der Waals surface area (Å²) in [6.07, 6.45) is 9.03. The predicted octanol–water partition coefficient (Wildman–Crippen LogP) is 1.89. The molecule has 2 aromatic heterocycles. The van der Waals surface area contributed by atoms with Crippen LogP contribution in [0, 0.1) is 0 Å². The fraction of sp³-hybridized carbons (Fsp3) is 0.143. The average Bonchev–Trinajstić information content (AvgIpc) is 3.13. The third kappa shape index (κ3) is 2.89. The highest BCUT2D eigenvalue weighted by Crippen LogP contribution is 2.09. The second-order valence-corrected chi connectivity index (χ2v) is 4.32. The summed E-state index contributed by atoms with van der Waals surface area (Å²) in [6, 6.07) is 8.42. The Hall–Kier alpha value is -2.40. The summed E-state index contributed by atoms with van der Waals surface area (Å²) in [4.78, 5) is 11.1. The van der Waals surface area contributed by atoms with Crippen LogP contribution in [0.4, 0.5) is 0 Å². The first-order chi connectivity index (χ1) is 9.42. The first-order valence-corrected chi connectivity index (χ1v) is 6.17. The molecule has 1 aromatic carbocycles. The van der Waals surface area contributed by atoms with Gasteiger partial charge in [0.1, 0.15) is 0 Å². The van der Waals surface area contributed by atoms with Gasteiger partial charge in [0, 0.05) is 43.1 Å². The van der Waals surface area contributed by atoms with Crippen LogP contribution >= 0.6 is 0 Å². The van der Waals surface area contributed by atoms with Crippen molar-refractivity contribution in [3.63, 3.8) is 0 Å². The van der Waals surface area contributed by atoms with E-state index in [0.29, 0.717) is 0 Å². The zero-order valence-corrected chi connectivity index (χ0v) is 10.5. The first kappa shape index (κ1) is 11.7. The third-order valence-electron chi connectivity index (χ3n) is 2.94. The van der Waals surface area contributed by atoms with Crippen LogP contribution in [0.2, 0.25) is 0 Å². The Morgan fingerprint density at radius 3 is 2.68 bits per heavy atom. The molecule has 3 rings (SSSR count). The topological polar surface area (TPSA) is 58.5 Å². The van der Waals surface area contributed by atoms with Crippen molar-refractivity contribution >= 4 is 0 Å². The van der Waals surface area contributed by atoms with Gasteiger partial charge in [-0.3, -0.25) is 0 Å². The van der Waals surface area contributed by atoms with Crippen LogP contribution in [0.15, 0.2) is 55.5 Å². The lowest BCUT2D eigenvalue weighted by atomic mass is 10.2. The number of hydrogen-bond acceptors (Lipinski definition) is 3. The van der Waals surface area contributed by atoms with Crippen molar-refractivity contribution in [2.24, 2.45) is 0 Å². The average molecular weight is 253 g/mol. The lowest BCUT2D eigenvalue weighted by Gasteiger charge is -2.06. The van der Waals surface area contributed by atoms with E-state index in [0.717, 1.165) is 24.5 Å². The molecule has 0 aliphatic heterocycles. The Balaban J connectivity index is 1.57. The number of aromatic amines is 1. The highest BCUT2D eigenvalue weighted by Gasteiger charge is 1.97. The van der Waals surface area contributed by atoms with Gasteiger partial charge >= 0.3 is 0 Å². The first-order valence-electron chi connectivity index (χ1n) is 6.17. The maximum absolute atomic E-state index is 4.04. The van der Waals surface area contributed by atoms with Crippen molar-refractivity contribution < 1.29 is 0 Å². The van der Waals surface area contributed by atoms with E-state index in [-0.39, 0.29) is 0 Å². The third-order valence-corrected chi connectivity index (χ3v) is 2.94. The number of imidazole rings is 2. The lowest BCUT2D eigenvalue weighted by molar-refractivity contribution is 0.682. The van der Waals surface area contributed by atoms with Crippen molar-refractivity contribution in [2.75, 3.05) is 0 Å². The molecule has 0 saturated heterocycles. The van der Waals surface area contributed by atoms with Crippen molar-refractivity contribution in [1.82, 2.24) is 24.8 Å². The van der Waals surface area contributed by atoms with Crippen molar-refractivity contribution in [3.8, 4) is 5.69 Å². The maximum Gasteiger partial charge on any atom is 0.0991 e. The molecule has 0 unspecified atom stereocenters. The van der Waals surface area contributed by atoms with Crippen LogP contribution in [-0.4, -0.2) is 19.5 Å². The fourth-order valence-electron chi connectivity index (χ4n) is 1.92. The number of nitrogens with one attached hydrogen (secondary N) is 2. The minimum absolute atomic E-state index is 0.795. The molecule has 3 aromatic rings. The minimum Gasteiger partial charge on any atom is -0.347 e. The van der Waals surface area contributed by atoms with E-state index in [1.54, 1.807) is 18.9 Å². The molecule has 2 heterocycles. The van der Waals surface area contributed by atoms with E-state index in [4.69, 9.17) is 0 Å². The van der Waals surface area contributed by atoms with Crippen LogP contribution in [-0.2, 0) is 13.1 Å². The van der Waals surface area contributed by atoms with Gasteiger partial charge in [0.05, 0.1) is 12.7 Å². The molecule has 0 bridgehead atoms. The molecule has 0 amide bonds. The highest BCUT2D eigenvalue weighted by molar-refractivity contribution is 5.34. The minimum atomic E-state index is 0.795. The molecule has 0 spiro atoms. The quantitative estimate of drug-likeness (QED) is 0.730. The monoisotopic (exact) mass is 253 g/mol. The van der Waals surface area contributed by atoms with Gasteiger partial charge in [0.15, 0.2) is 0 Å². The van der Waals surface area contributed by atoms with Gasteiger partial charge in [-0.1, -0.05) is 12.1 Å². The zero-order valence-electron chi connectivity index (χ0n) is 10.5. The van der Waals surface area contributed by atoms with E-state index >= 15 is 0 Å². The zero-order chi connectivity index (χ0) is 12.9. The molecule has 0 aliphatic rings. The SMILES string of the molecule is c1cn(-c2ccc(CNCc3cnc[nH]3)cc2)cn1. The number of hydrogen-bond donors (Lipinski definition) is 2. The molecule has 96 valence electrons. The Morgan fingerprint density at radius 1 is 1.11 bits per heavy atom. The second kappa shape index (κ2) is 5.49. The lowest BCUT2D eigenvalue weighted by Crippen LogP contribution is -2.12. The highest BCUT2D eigenvalue weighted by atomic mass is 15.0. The number of H-pyrrole nitrogens is 1. The number of nitrogens with zero attached hydrogens (tertiary/aromatic N) is 3. The summed E-state index contributed by atoms with van der Waals surface area (Å²) in [5, 5.41) is 3.37. The van der Waals surface area contributed by atoms with Gasteiger partial charge in [-0.05, 0) is 17.7 Å². The van der Waals surface area contributed by atoms with Gasteiger partial charge in [0.2, 0.25) is 0 Å². The molecule has 0 aliphatic carbocycles. The number of benzene rings is 1. The smallest absolute Gasteiger partial charge is 0.0991 e. The molecule has 19 heavy (non-hydrogen) atoms. The molecule has 5 heteroatoms. The second-order valence-electron chi connectivity index (χ2n) is 4.32. The molecule has 2 N–H and O–H groups in total. The Labute approximate surface area is 111 Å². The Bertz CT molecular complexity index is 596. The normalized spacial score (nSPS) is 10.7. The van der Waals surface area contributed by atoms with Crippen LogP contribution in [0.25, 0.3) is 5.69 Å². The molecular weight excluding hydrogens is 238 g/mol. The molecule has 0 radical (unpaired) electrons. The predicted molar refractivity (Wildman–Crippen MR) is 72.7 cm³/mol. The maximum atomic E-state index is 4.04. The van der Waals surface area contributed by atoms with Crippen molar-refractivity contribution in [3.05, 3.63) is 66.8 Å². The van der Waals surface area contributed by atoms with E-state index in [1.165, 1.54) is 5.56 Å². The number of rotatable bonds is 5. The summed E-state index contributed by atoms with van der Waals surface area (Å²) in [5.41, 5.74) is 3.47. The van der Waals surface area contributed by atoms with Crippen LogP contribution in [0.5, 0.6) is 0 Å². The van der Waals surface area contributed by atoms with E-state index in [2.05, 4.69) is 44.5 Å². The van der Waals surface area contributed by atoms with Crippen molar-refractivity contribution in [2.45, 2.75) is 13.1 Å². The summed E-state index contributed by atoms with van der Waals surface area (Å²) < 4.78 is 1.99. The van der Waals surface area contributed by atoms with Crippen LogP contribution in [0.3, 0.4) is 0 Å². The van der Waals surface area contributed by atoms with Crippen LogP contribution < -0.4 is 5.32 Å². The largest absolute Gasteiger partial charge is 0.347 e. The Kier molecular flexibility index (Phi) is 3.38. The van der Waals surface area contributed by atoms with Gasteiger partial charge < -0.3 is 14.9 Å². The van der Waals surface area contributed by atoms with Gasteiger partial charge in [-0.25, -0.2) is 9.97 Å². The summed E-state index contributed by atoms with van der Waals surface area (Å²) >= 11 is 0. The molecule has 5 nitrogen and oxygen atoms in total. The Morgan fingerprint density at radius 2 is 2.00 bits per heavy atom. The molecule has 0 atom stereocenters. The van der Waals surface area contributed by atoms with Gasteiger partial charge in [-0.2, -0.15) is 0 Å². The summed E-state index contributed by atoms with van der Waals surface area (Å²) in [5.74, 6) is 0. The van der Waals surface area contributed by atoms with E-state index < -0.39 is 0 Å². The molecule has 0 saturated carbocycles. The number of aromatic nitrogens is 4. The van der Waals surface area contributed by atoms with Gasteiger partial charge in [0.25, 0.3) is 0 Å². The summed E-state index contributed by atoms with van der Waals surface area (Å²) in [6.45, 7) is 1.63. The van der Waals surface area contributed by atoms with Crippen LogP contribution in [0.1, 0.15) is 11.3 Å². The van der Waals surface area contributed by atoms with E-state index in [1.807, 2.05) is 17.0 Å². The molecular formula is C14H15N5.